The Morgan fingerprint density at radius 2 is 2.14 bits per heavy atom. The van der Waals surface area contributed by atoms with Gasteiger partial charge in [-0.05, 0) is 48.9 Å². The number of hydrogen-bond acceptors (Lipinski definition) is 3. The van der Waals surface area contributed by atoms with Gasteiger partial charge in [0, 0.05) is 30.7 Å². The highest BCUT2D eigenvalue weighted by Crippen LogP contribution is 2.36. The van der Waals surface area contributed by atoms with Gasteiger partial charge >= 0.3 is 0 Å². The smallest absolute Gasteiger partial charge is 0.0705 e. The van der Waals surface area contributed by atoms with Crippen LogP contribution in [0.25, 0.3) is 10.9 Å². The van der Waals surface area contributed by atoms with Gasteiger partial charge < -0.3 is 9.84 Å². The Morgan fingerprint density at radius 1 is 1.24 bits per heavy atom. The van der Waals surface area contributed by atoms with Crippen molar-refractivity contribution in [2.75, 3.05) is 13.7 Å². The summed E-state index contributed by atoms with van der Waals surface area (Å²) in [5.41, 5.74) is 3.17. The van der Waals surface area contributed by atoms with Gasteiger partial charge in [0.2, 0.25) is 0 Å². The van der Waals surface area contributed by atoms with Crippen LogP contribution >= 0.6 is 0 Å². The van der Waals surface area contributed by atoms with E-state index in [1.807, 2.05) is 18.2 Å². The standard InChI is InChI=1S/C18H23NO2/c1-21-12-14-3-2-4-15(10-14)18-8-6-16-9-13(11-20)5-7-17(16)19-18/h5-9,14-15,20H,2-4,10-12H2,1H3/t14-,15-/m0/s1. The van der Waals surface area contributed by atoms with Crippen molar-refractivity contribution in [1.82, 2.24) is 4.98 Å². The Hall–Kier alpha value is -1.45. The van der Waals surface area contributed by atoms with Gasteiger partial charge in [-0.15, -0.1) is 0 Å². The van der Waals surface area contributed by atoms with Crippen LogP contribution in [-0.2, 0) is 11.3 Å². The fraction of sp³-hybridized carbons (Fsp3) is 0.500. The topological polar surface area (TPSA) is 42.4 Å². The highest BCUT2D eigenvalue weighted by molar-refractivity contribution is 5.79. The number of aliphatic hydroxyl groups is 1. The van der Waals surface area contributed by atoms with Crippen molar-refractivity contribution in [1.29, 1.82) is 0 Å². The maximum atomic E-state index is 9.20. The second kappa shape index (κ2) is 6.54. The Kier molecular flexibility index (Phi) is 4.51. The molecule has 1 aromatic heterocycles. The van der Waals surface area contributed by atoms with Crippen LogP contribution in [0.4, 0.5) is 0 Å². The minimum atomic E-state index is 0.0824. The summed E-state index contributed by atoms with van der Waals surface area (Å²) in [6, 6.07) is 10.3. The summed E-state index contributed by atoms with van der Waals surface area (Å²) in [5.74, 6) is 1.23. The van der Waals surface area contributed by atoms with Gasteiger partial charge in [-0.25, -0.2) is 0 Å². The lowest BCUT2D eigenvalue weighted by molar-refractivity contribution is 0.125. The highest BCUT2D eigenvalue weighted by Gasteiger charge is 2.24. The molecule has 0 amide bonds. The van der Waals surface area contributed by atoms with E-state index in [1.54, 1.807) is 7.11 Å². The van der Waals surface area contributed by atoms with Gasteiger partial charge in [0.1, 0.15) is 0 Å². The fourth-order valence-corrected chi connectivity index (χ4v) is 3.46. The Bertz CT molecular complexity index is 609. The maximum absolute atomic E-state index is 9.20. The first-order valence-corrected chi connectivity index (χ1v) is 7.79. The molecular weight excluding hydrogens is 262 g/mol. The van der Waals surface area contributed by atoms with Crippen LogP contribution < -0.4 is 0 Å². The van der Waals surface area contributed by atoms with Crippen molar-refractivity contribution in [3.63, 3.8) is 0 Å². The summed E-state index contributed by atoms with van der Waals surface area (Å²) in [7, 11) is 1.79. The molecule has 1 N–H and O–H groups in total. The average Bonchev–Trinajstić information content (AvgIpc) is 2.54. The zero-order valence-electron chi connectivity index (χ0n) is 12.6. The van der Waals surface area contributed by atoms with E-state index in [2.05, 4.69) is 12.1 Å². The number of aromatic nitrogens is 1. The van der Waals surface area contributed by atoms with Gasteiger partial charge in [0.25, 0.3) is 0 Å². The van der Waals surface area contributed by atoms with E-state index in [1.165, 1.54) is 31.4 Å². The molecule has 1 heterocycles. The molecule has 3 rings (SSSR count). The van der Waals surface area contributed by atoms with Crippen LogP contribution in [0.1, 0.15) is 42.9 Å². The molecule has 0 spiro atoms. The zero-order valence-corrected chi connectivity index (χ0v) is 12.6. The van der Waals surface area contributed by atoms with Gasteiger partial charge in [-0.3, -0.25) is 4.98 Å². The van der Waals surface area contributed by atoms with Gasteiger partial charge in [0.15, 0.2) is 0 Å². The largest absolute Gasteiger partial charge is 0.392 e. The summed E-state index contributed by atoms with van der Waals surface area (Å²) < 4.78 is 5.32. The molecule has 21 heavy (non-hydrogen) atoms. The quantitative estimate of drug-likeness (QED) is 0.932. The summed E-state index contributed by atoms with van der Waals surface area (Å²) in [4.78, 5) is 4.85. The Morgan fingerprint density at radius 3 is 2.95 bits per heavy atom. The first-order valence-electron chi connectivity index (χ1n) is 7.79. The molecule has 0 saturated heterocycles. The van der Waals surface area contributed by atoms with E-state index in [-0.39, 0.29) is 6.61 Å². The molecule has 0 aliphatic heterocycles. The third kappa shape index (κ3) is 3.25. The lowest BCUT2D eigenvalue weighted by Gasteiger charge is -2.28. The Balaban J connectivity index is 1.83. The van der Waals surface area contributed by atoms with Crippen molar-refractivity contribution in [3.8, 4) is 0 Å². The number of hydrogen-bond donors (Lipinski definition) is 1. The van der Waals surface area contributed by atoms with Crippen molar-refractivity contribution >= 4 is 10.9 Å². The predicted octanol–water partition coefficient (Wildman–Crippen LogP) is 3.65. The number of pyridine rings is 1. The van der Waals surface area contributed by atoms with Crippen LogP contribution in [0.5, 0.6) is 0 Å². The van der Waals surface area contributed by atoms with Crippen molar-refractivity contribution < 1.29 is 9.84 Å². The maximum Gasteiger partial charge on any atom is 0.0705 e. The normalized spacial score (nSPS) is 22.6. The van der Waals surface area contributed by atoms with Crippen molar-refractivity contribution in [2.24, 2.45) is 5.92 Å². The molecule has 2 atom stereocenters. The average molecular weight is 285 g/mol. The second-order valence-corrected chi connectivity index (χ2v) is 6.11. The Labute approximate surface area is 126 Å². The number of benzene rings is 1. The molecule has 1 saturated carbocycles. The minimum absolute atomic E-state index is 0.0824. The highest BCUT2D eigenvalue weighted by atomic mass is 16.5. The molecule has 3 nitrogen and oxygen atoms in total. The van der Waals surface area contributed by atoms with Gasteiger partial charge in [-0.1, -0.05) is 18.6 Å². The van der Waals surface area contributed by atoms with Crippen molar-refractivity contribution in [2.45, 2.75) is 38.2 Å². The van der Waals surface area contributed by atoms with Crippen LogP contribution in [0.2, 0.25) is 0 Å². The third-order valence-corrected chi connectivity index (χ3v) is 4.56. The van der Waals surface area contributed by atoms with Crippen molar-refractivity contribution in [3.05, 3.63) is 41.6 Å². The predicted molar refractivity (Wildman–Crippen MR) is 84.2 cm³/mol. The number of fused-ring (bicyclic) bond motifs is 1. The molecule has 1 aliphatic rings. The van der Waals surface area contributed by atoms with E-state index in [0.29, 0.717) is 11.8 Å². The molecule has 2 aromatic rings. The molecule has 0 unspecified atom stereocenters. The molecule has 1 fully saturated rings. The molecule has 112 valence electrons. The lowest BCUT2D eigenvalue weighted by Crippen LogP contribution is -2.18. The first kappa shape index (κ1) is 14.5. The van der Waals surface area contributed by atoms with E-state index in [9.17, 15) is 5.11 Å². The SMILES string of the molecule is COC[C@H]1CCC[C@H](c2ccc3cc(CO)ccc3n2)C1. The molecule has 0 radical (unpaired) electrons. The molecule has 0 bridgehead atoms. The summed E-state index contributed by atoms with van der Waals surface area (Å²) in [5, 5.41) is 10.3. The summed E-state index contributed by atoms with van der Waals surface area (Å²) >= 11 is 0. The van der Waals surface area contributed by atoms with E-state index in [4.69, 9.17) is 9.72 Å². The van der Waals surface area contributed by atoms with Crippen LogP contribution in [0.15, 0.2) is 30.3 Å². The first-order chi connectivity index (χ1) is 10.3. The van der Waals surface area contributed by atoms with E-state index < -0.39 is 0 Å². The third-order valence-electron chi connectivity index (χ3n) is 4.56. The van der Waals surface area contributed by atoms with Crippen LogP contribution in [-0.4, -0.2) is 23.8 Å². The van der Waals surface area contributed by atoms with E-state index in [0.717, 1.165) is 23.1 Å². The van der Waals surface area contributed by atoms with Crippen LogP contribution in [0.3, 0.4) is 0 Å². The number of methoxy groups -OCH3 is 1. The number of nitrogens with zero attached hydrogens (tertiary/aromatic N) is 1. The van der Waals surface area contributed by atoms with E-state index >= 15 is 0 Å². The summed E-state index contributed by atoms with van der Waals surface area (Å²) in [6.07, 6.45) is 4.95. The fourth-order valence-electron chi connectivity index (χ4n) is 3.46. The lowest BCUT2D eigenvalue weighted by atomic mass is 9.80. The molecule has 1 aliphatic carbocycles. The minimum Gasteiger partial charge on any atom is -0.392 e. The molecule has 3 heteroatoms. The van der Waals surface area contributed by atoms with Crippen LogP contribution in [0, 0.1) is 5.92 Å². The number of aliphatic hydroxyl groups excluding tert-OH is 1. The summed E-state index contributed by atoms with van der Waals surface area (Å²) in [6.45, 7) is 0.947. The second-order valence-electron chi connectivity index (χ2n) is 6.11. The number of ether oxygens (including phenoxy) is 1. The number of rotatable bonds is 4. The molecular formula is C18H23NO2. The van der Waals surface area contributed by atoms with Gasteiger partial charge in [-0.2, -0.15) is 0 Å². The molecule has 1 aromatic carbocycles. The zero-order chi connectivity index (χ0) is 14.7. The monoisotopic (exact) mass is 285 g/mol. The van der Waals surface area contributed by atoms with Gasteiger partial charge in [0.05, 0.1) is 12.1 Å².